The minimum Gasteiger partial charge on any atom is -0.468 e. The van der Waals surface area contributed by atoms with Crippen LogP contribution in [0.15, 0.2) is 29.1 Å². The van der Waals surface area contributed by atoms with Crippen molar-refractivity contribution in [2.45, 2.75) is 6.54 Å². The summed E-state index contributed by atoms with van der Waals surface area (Å²) in [5.74, 6) is -0.852. The lowest BCUT2D eigenvalue weighted by molar-refractivity contribution is -0.141. The molecule has 19 heavy (non-hydrogen) atoms. The fraction of sp³-hybridized carbons (Fsp3) is 0.182. The molecule has 2 aromatic rings. The van der Waals surface area contributed by atoms with Gasteiger partial charge in [-0.3, -0.25) is 14.3 Å². The van der Waals surface area contributed by atoms with E-state index in [2.05, 4.69) is 15.2 Å². The monoisotopic (exact) mass is 283 g/mol. The van der Waals surface area contributed by atoms with Gasteiger partial charge < -0.3 is 14.5 Å². The number of anilines is 1. The lowest BCUT2D eigenvalue weighted by Crippen LogP contribution is -2.12. The molecule has 2 aromatic heterocycles. The summed E-state index contributed by atoms with van der Waals surface area (Å²) in [6.07, 6.45) is 4.23. The summed E-state index contributed by atoms with van der Waals surface area (Å²) in [6.45, 7) is -0.0289. The van der Waals surface area contributed by atoms with E-state index in [1.54, 1.807) is 0 Å². The fourth-order valence-corrected chi connectivity index (χ4v) is 1.57. The van der Waals surface area contributed by atoms with E-state index in [0.717, 1.165) is 0 Å². The Morgan fingerprint density at radius 2 is 2.37 bits per heavy atom. The van der Waals surface area contributed by atoms with Crippen molar-refractivity contribution < 1.29 is 18.7 Å². The SMILES string of the molecule is COC(=O)Cn1cc(NC(=O)c2ccoc2Cl)cn1. The number of carbonyl (C=O) groups excluding carboxylic acids is 2. The Bertz CT molecular complexity index is 605. The highest BCUT2D eigenvalue weighted by molar-refractivity contribution is 6.32. The number of furan rings is 1. The first-order valence-corrected chi connectivity index (χ1v) is 5.61. The molecule has 0 fully saturated rings. The number of aromatic nitrogens is 2. The van der Waals surface area contributed by atoms with Crippen LogP contribution < -0.4 is 5.32 Å². The van der Waals surface area contributed by atoms with Crippen molar-refractivity contribution in [3.05, 3.63) is 35.5 Å². The Labute approximate surface area is 113 Å². The molecule has 0 unspecified atom stereocenters. The predicted molar refractivity (Wildman–Crippen MR) is 65.9 cm³/mol. The van der Waals surface area contributed by atoms with E-state index in [0.29, 0.717) is 5.69 Å². The number of esters is 1. The molecule has 0 saturated heterocycles. The Balaban J connectivity index is 2.02. The molecule has 0 bridgehead atoms. The first-order valence-electron chi connectivity index (χ1n) is 5.23. The van der Waals surface area contributed by atoms with Gasteiger partial charge in [-0.25, -0.2) is 0 Å². The number of amides is 1. The Kier molecular flexibility index (Phi) is 3.86. The largest absolute Gasteiger partial charge is 0.468 e. The third kappa shape index (κ3) is 3.14. The lowest BCUT2D eigenvalue weighted by atomic mass is 10.3. The molecule has 8 heteroatoms. The summed E-state index contributed by atoms with van der Waals surface area (Å²) in [6, 6.07) is 1.45. The van der Waals surface area contributed by atoms with Gasteiger partial charge in [0.2, 0.25) is 5.22 Å². The smallest absolute Gasteiger partial charge is 0.327 e. The van der Waals surface area contributed by atoms with Gasteiger partial charge in [-0.2, -0.15) is 5.10 Å². The second-order valence-corrected chi connectivity index (χ2v) is 3.91. The van der Waals surface area contributed by atoms with Crippen molar-refractivity contribution in [1.29, 1.82) is 0 Å². The van der Waals surface area contributed by atoms with Crippen molar-refractivity contribution >= 4 is 29.2 Å². The number of nitrogens with zero attached hydrogens (tertiary/aromatic N) is 2. The average Bonchev–Trinajstić information content (AvgIpc) is 2.98. The minimum absolute atomic E-state index is 0.0134. The van der Waals surface area contributed by atoms with Crippen molar-refractivity contribution in [3.63, 3.8) is 0 Å². The van der Waals surface area contributed by atoms with Crippen LogP contribution in [0.2, 0.25) is 5.22 Å². The average molecular weight is 284 g/mol. The van der Waals surface area contributed by atoms with E-state index >= 15 is 0 Å². The third-order valence-corrected chi connectivity index (χ3v) is 2.57. The van der Waals surface area contributed by atoms with Gasteiger partial charge in [-0.15, -0.1) is 0 Å². The molecule has 0 aliphatic rings. The van der Waals surface area contributed by atoms with Gasteiger partial charge in [-0.05, 0) is 17.7 Å². The zero-order chi connectivity index (χ0) is 13.8. The van der Waals surface area contributed by atoms with Crippen molar-refractivity contribution in [2.75, 3.05) is 12.4 Å². The molecule has 100 valence electrons. The van der Waals surface area contributed by atoms with Crippen LogP contribution in [0.3, 0.4) is 0 Å². The minimum atomic E-state index is -0.432. The van der Waals surface area contributed by atoms with E-state index < -0.39 is 11.9 Å². The number of carbonyl (C=O) groups is 2. The summed E-state index contributed by atoms with van der Waals surface area (Å²) < 4.78 is 10.7. The molecule has 1 N–H and O–H groups in total. The third-order valence-electron chi connectivity index (χ3n) is 2.27. The lowest BCUT2D eigenvalue weighted by Gasteiger charge is -2.00. The van der Waals surface area contributed by atoms with E-state index in [1.165, 1.54) is 36.5 Å². The molecular weight excluding hydrogens is 274 g/mol. The maximum absolute atomic E-state index is 11.8. The summed E-state index contributed by atoms with van der Waals surface area (Å²) >= 11 is 5.68. The maximum atomic E-state index is 11.8. The number of ether oxygens (including phenoxy) is 1. The molecule has 1 amide bonds. The van der Waals surface area contributed by atoms with Crippen LogP contribution in [0.1, 0.15) is 10.4 Å². The Hall–Kier alpha value is -2.28. The number of halogens is 1. The van der Waals surface area contributed by atoms with Gasteiger partial charge in [0.05, 0.1) is 30.8 Å². The summed E-state index contributed by atoms with van der Waals surface area (Å²) in [5, 5.41) is 6.50. The molecule has 0 radical (unpaired) electrons. The molecule has 2 rings (SSSR count). The normalized spacial score (nSPS) is 10.2. The highest BCUT2D eigenvalue weighted by Crippen LogP contribution is 2.18. The molecule has 7 nitrogen and oxygen atoms in total. The number of hydrogen-bond acceptors (Lipinski definition) is 5. The van der Waals surface area contributed by atoms with Crippen molar-refractivity contribution in [2.24, 2.45) is 0 Å². The van der Waals surface area contributed by atoms with Crippen LogP contribution in [0.25, 0.3) is 0 Å². The quantitative estimate of drug-likeness (QED) is 0.861. The molecule has 0 aliphatic heterocycles. The van der Waals surface area contributed by atoms with Crippen molar-refractivity contribution in [1.82, 2.24) is 9.78 Å². The van der Waals surface area contributed by atoms with Gasteiger partial charge in [0.15, 0.2) is 0 Å². The standard InChI is InChI=1S/C11H10ClN3O4/c1-18-9(16)6-15-5-7(4-13-15)14-11(17)8-2-3-19-10(8)12/h2-5H,6H2,1H3,(H,14,17). The Morgan fingerprint density at radius 3 is 3.00 bits per heavy atom. The van der Waals surface area contributed by atoms with Gasteiger partial charge in [0.25, 0.3) is 5.91 Å². The topological polar surface area (TPSA) is 86.4 Å². The van der Waals surface area contributed by atoms with E-state index in [-0.39, 0.29) is 17.3 Å². The van der Waals surface area contributed by atoms with E-state index in [9.17, 15) is 9.59 Å². The van der Waals surface area contributed by atoms with Crippen LogP contribution >= 0.6 is 11.6 Å². The molecule has 2 heterocycles. The van der Waals surface area contributed by atoms with Gasteiger partial charge in [-0.1, -0.05) is 0 Å². The zero-order valence-electron chi connectivity index (χ0n) is 9.92. The number of hydrogen-bond donors (Lipinski definition) is 1. The number of methoxy groups -OCH3 is 1. The van der Waals surface area contributed by atoms with E-state index in [4.69, 9.17) is 16.0 Å². The molecular formula is C11H10ClN3O4. The molecule has 0 spiro atoms. The highest BCUT2D eigenvalue weighted by Gasteiger charge is 2.14. The second-order valence-electron chi connectivity index (χ2n) is 3.56. The van der Waals surface area contributed by atoms with Crippen LogP contribution in [-0.4, -0.2) is 28.8 Å². The van der Waals surface area contributed by atoms with Gasteiger partial charge >= 0.3 is 5.97 Å². The molecule has 0 aromatic carbocycles. The van der Waals surface area contributed by atoms with E-state index in [1.807, 2.05) is 0 Å². The molecule has 0 aliphatic carbocycles. The van der Waals surface area contributed by atoms with Gasteiger partial charge in [0, 0.05) is 6.20 Å². The first kappa shape index (κ1) is 13.2. The number of nitrogens with one attached hydrogen (secondary N) is 1. The highest BCUT2D eigenvalue weighted by atomic mass is 35.5. The van der Waals surface area contributed by atoms with Crippen molar-refractivity contribution in [3.8, 4) is 0 Å². The maximum Gasteiger partial charge on any atom is 0.327 e. The Morgan fingerprint density at radius 1 is 1.58 bits per heavy atom. The van der Waals surface area contributed by atoms with Crippen LogP contribution in [0, 0.1) is 0 Å². The molecule has 0 saturated carbocycles. The summed E-state index contributed by atoms with van der Waals surface area (Å²) in [7, 11) is 1.29. The van der Waals surface area contributed by atoms with Crippen LogP contribution in [0.4, 0.5) is 5.69 Å². The second kappa shape index (κ2) is 5.57. The summed E-state index contributed by atoms with van der Waals surface area (Å²) in [4.78, 5) is 22.8. The van der Waals surface area contributed by atoms with Gasteiger partial charge in [0.1, 0.15) is 6.54 Å². The predicted octanol–water partition coefficient (Wildman–Crippen LogP) is 1.55. The fourth-order valence-electron chi connectivity index (χ4n) is 1.37. The molecule has 0 atom stereocenters. The summed E-state index contributed by atoms with van der Waals surface area (Å²) in [5.41, 5.74) is 0.661. The van der Waals surface area contributed by atoms with Crippen LogP contribution in [0.5, 0.6) is 0 Å². The first-order chi connectivity index (χ1) is 9.10. The van der Waals surface area contributed by atoms with Crippen LogP contribution in [-0.2, 0) is 16.1 Å². The number of rotatable bonds is 4. The zero-order valence-corrected chi connectivity index (χ0v) is 10.7.